The Hall–Kier alpha value is -1.60. The van der Waals surface area contributed by atoms with Crippen molar-refractivity contribution in [3.63, 3.8) is 0 Å². The maximum Gasteiger partial charge on any atom is 0.144 e. The summed E-state index contributed by atoms with van der Waals surface area (Å²) >= 11 is 5.86. The van der Waals surface area contributed by atoms with Crippen molar-refractivity contribution < 1.29 is 4.79 Å². The van der Waals surface area contributed by atoms with E-state index in [0.29, 0.717) is 17.2 Å². The molecule has 1 aliphatic carbocycles. The number of hydrogen-bond acceptors (Lipinski definition) is 1. The average Bonchev–Trinajstić information content (AvgIpc) is 2.85. The summed E-state index contributed by atoms with van der Waals surface area (Å²) in [5, 5.41) is 0.711. The molecule has 0 N–H and O–H groups in total. The molecule has 96 valence electrons. The van der Waals surface area contributed by atoms with Crippen molar-refractivity contribution in [2.24, 2.45) is 0 Å². The molecule has 0 saturated carbocycles. The summed E-state index contributed by atoms with van der Waals surface area (Å²) in [5.74, 6) is 0.388. The molecular weight excluding hydrogens is 256 g/mol. The van der Waals surface area contributed by atoms with Gasteiger partial charge in [-0.05, 0) is 41.7 Å². The molecule has 1 atom stereocenters. The zero-order valence-corrected chi connectivity index (χ0v) is 11.4. The van der Waals surface area contributed by atoms with Gasteiger partial charge in [0, 0.05) is 17.4 Å². The van der Waals surface area contributed by atoms with Crippen molar-refractivity contribution >= 4 is 17.4 Å². The largest absolute Gasteiger partial charge is 0.299 e. The standard InChI is InChI=1S/C17H15ClO/c18-14-8-5-12(6-9-14)11-17(19)16-10-7-13-3-1-2-4-15(13)16/h1-6,8-9,16H,7,10-11H2. The van der Waals surface area contributed by atoms with Gasteiger partial charge in [0.1, 0.15) is 5.78 Å². The second-order valence-corrected chi connectivity index (χ2v) is 5.50. The minimum Gasteiger partial charge on any atom is -0.299 e. The first-order valence-corrected chi connectivity index (χ1v) is 6.97. The molecule has 1 unspecified atom stereocenters. The quantitative estimate of drug-likeness (QED) is 0.818. The summed E-state index contributed by atoms with van der Waals surface area (Å²) in [7, 11) is 0. The number of fused-ring (bicyclic) bond motifs is 1. The van der Waals surface area contributed by atoms with Crippen LogP contribution in [-0.4, -0.2) is 5.78 Å². The number of benzene rings is 2. The van der Waals surface area contributed by atoms with Crippen LogP contribution in [0.3, 0.4) is 0 Å². The molecular formula is C17H15ClO. The van der Waals surface area contributed by atoms with E-state index in [2.05, 4.69) is 12.1 Å². The van der Waals surface area contributed by atoms with Gasteiger partial charge in [0.05, 0.1) is 0 Å². The molecule has 0 fully saturated rings. The normalized spacial score (nSPS) is 17.2. The highest BCUT2D eigenvalue weighted by atomic mass is 35.5. The van der Waals surface area contributed by atoms with Crippen molar-refractivity contribution in [3.8, 4) is 0 Å². The lowest BCUT2D eigenvalue weighted by Gasteiger charge is -2.10. The highest BCUT2D eigenvalue weighted by molar-refractivity contribution is 6.30. The van der Waals surface area contributed by atoms with E-state index in [9.17, 15) is 4.79 Å². The van der Waals surface area contributed by atoms with Crippen molar-refractivity contribution in [3.05, 3.63) is 70.2 Å². The van der Waals surface area contributed by atoms with Crippen molar-refractivity contribution in [2.75, 3.05) is 0 Å². The Morgan fingerprint density at radius 2 is 1.84 bits per heavy atom. The van der Waals surface area contributed by atoms with Crippen LogP contribution in [-0.2, 0) is 17.6 Å². The molecule has 2 aromatic carbocycles. The van der Waals surface area contributed by atoms with Crippen LogP contribution >= 0.6 is 11.6 Å². The lowest BCUT2D eigenvalue weighted by molar-refractivity contribution is -0.119. The van der Waals surface area contributed by atoms with Gasteiger partial charge in [0.2, 0.25) is 0 Å². The third kappa shape index (κ3) is 2.57. The van der Waals surface area contributed by atoms with Gasteiger partial charge in [-0.3, -0.25) is 4.79 Å². The molecule has 2 heteroatoms. The Morgan fingerprint density at radius 1 is 1.11 bits per heavy atom. The van der Waals surface area contributed by atoms with Gasteiger partial charge in [0.25, 0.3) is 0 Å². The Bertz CT molecular complexity index is 601. The van der Waals surface area contributed by atoms with Crippen LogP contribution in [0.25, 0.3) is 0 Å². The molecule has 0 saturated heterocycles. The Morgan fingerprint density at radius 3 is 2.63 bits per heavy atom. The molecule has 3 rings (SSSR count). The van der Waals surface area contributed by atoms with Crippen LogP contribution < -0.4 is 0 Å². The van der Waals surface area contributed by atoms with Crippen molar-refractivity contribution in [2.45, 2.75) is 25.2 Å². The zero-order valence-electron chi connectivity index (χ0n) is 10.6. The van der Waals surface area contributed by atoms with E-state index in [-0.39, 0.29) is 5.92 Å². The van der Waals surface area contributed by atoms with Crippen LogP contribution in [0.4, 0.5) is 0 Å². The first-order chi connectivity index (χ1) is 9.24. The average molecular weight is 271 g/mol. The van der Waals surface area contributed by atoms with Crippen LogP contribution in [0.5, 0.6) is 0 Å². The monoisotopic (exact) mass is 270 g/mol. The van der Waals surface area contributed by atoms with E-state index in [1.807, 2.05) is 36.4 Å². The predicted octanol–water partition coefficient (Wildman–Crippen LogP) is 4.18. The number of carbonyl (C=O) groups excluding carboxylic acids is 1. The molecule has 0 heterocycles. The molecule has 0 aliphatic heterocycles. The van der Waals surface area contributed by atoms with E-state index < -0.39 is 0 Å². The number of Topliss-reactive ketones (excluding diaryl/α,β-unsaturated/α-hetero) is 1. The van der Waals surface area contributed by atoms with Crippen molar-refractivity contribution in [1.82, 2.24) is 0 Å². The minimum atomic E-state index is 0.0758. The summed E-state index contributed by atoms with van der Waals surface area (Å²) in [6.07, 6.45) is 2.47. The molecule has 0 aromatic heterocycles. The van der Waals surface area contributed by atoms with Gasteiger partial charge in [0.15, 0.2) is 0 Å². The van der Waals surface area contributed by atoms with Gasteiger partial charge >= 0.3 is 0 Å². The van der Waals surface area contributed by atoms with E-state index in [4.69, 9.17) is 11.6 Å². The smallest absolute Gasteiger partial charge is 0.144 e. The number of halogens is 1. The number of hydrogen-bond donors (Lipinski definition) is 0. The summed E-state index contributed by atoms with van der Waals surface area (Å²) in [4.78, 5) is 12.4. The molecule has 0 bridgehead atoms. The zero-order chi connectivity index (χ0) is 13.2. The topological polar surface area (TPSA) is 17.1 Å². The van der Waals surface area contributed by atoms with Gasteiger partial charge in [-0.15, -0.1) is 0 Å². The number of aryl methyl sites for hydroxylation is 1. The van der Waals surface area contributed by atoms with Gasteiger partial charge < -0.3 is 0 Å². The number of carbonyl (C=O) groups is 1. The van der Waals surface area contributed by atoms with Gasteiger partial charge in [-0.25, -0.2) is 0 Å². The fraction of sp³-hybridized carbons (Fsp3) is 0.235. The lowest BCUT2D eigenvalue weighted by Crippen LogP contribution is -2.12. The van der Waals surface area contributed by atoms with Crippen LogP contribution in [0.1, 0.15) is 29.0 Å². The number of ketones is 1. The minimum absolute atomic E-state index is 0.0758. The highest BCUT2D eigenvalue weighted by Gasteiger charge is 2.27. The Kier molecular flexibility index (Phi) is 3.39. The molecule has 0 amide bonds. The Labute approximate surface area is 118 Å². The summed E-state index contributed by atoms with van der Waals surface area (Å²) in [5.41, 5.74) is 3.59. The first-order valence-electron chi connectivity index (χ1n) is 6.59. The highest BCUT2D eigenvalue weighted by Crippen LogP contribution is 2.34. The summed E-state index contributed by atoms with van der Waals surface area (Å²) < 4.78 is 0. The maximum atomic E-state index is 12.4. The lowest BCUT2D eigenvalue weighted by atomic mass is 9.93. The van der Waals surface area contributed by atoms with Crippen molar-refractivity contribution in [1.29, 1.82) is 0 Å². The fourth-order valence-corrected chi connectivity index (χ4v) is 2.94. The van der Waals surface area contributed by atoms with Gasteiger partial charge in [-0.2, -0.15) is 0 Å². The van der Waals surface area contributed by atoms with E-state index in [1.165, 1.54) is 11.1 Å². The molecule has 2 aromatic rings. The van der Waals surface area contributed by atoms with Gasteiger partial charge in [-0.1, -0.05) is 48.0 Å². The molecule has 0 radical (unpaired) electrons. The molecule has 1 aliphatic rings. The molecule has 1 nitrogen and oxygen atoms in total. The SMILES string of the molecule is O=C(Cc1ccc(Cl)cc1)C1CCc2ccccc21. The predicted molar refractivity (Wildman–Crippen MR) is 77.7 cm³/mol. The summed E-state index contributed by atoms with van der Waals surface area (Å²) in [6, 6.07) is 15.8. The second kappa shape index (κ2) is 5.18. The Balaban J connectivity index is 1.77. The molecule has 19 heavy (non-hydrogen) atoms. The maximum absolute atomic E-state index is 12.4. The fourth-order valence-electron chi connectivity index (χ4n) is 2.82. The van der Waals surface area contributed by atoms with E-state index in [1.54, 1.807) is 0 Å². The second-order valence-electron chi connectivity index (χ2n) is 5.06. The third-order valence-corrected chi connectivity index (χ3v) is 4.07. The van der Waals surface area contributed by atoms with E-state index in [0.717, 1.165) is 18.4 Å². The van der Waals surface area contributed by atoms with E-state index >= 15 is 0 Å². The van der Waals surface area contributed by atoms with Crippen LogP contribution in [0.15, 0.2) is 48.5 Å². The third-order valence-electron chi connectivity index (χ3n) is 3.81. The first kappa shape index (κ1) is 12.4. The van der Waals surface area contributed by atoms with Crippen LogP contribution in [0, 0.1) is 0 Å². The van der Waals surface area contributed by atoms with Crippen LogP contribution in [0.2, 0.25) is 5.02 Å². The number of rotatable bonds is 3. The summed E-state index contributed by atoms with van der Waals surface area (Å²) in [6.45, 7) is 0. The molecule has 0 spiro atoms.